The Morgan fingerprint density at radius 2 is 1.60 bits per heavy atom. The van der Waals surface area contributed by atoms with Crippen LogP contribution in [-0.4, -0.2) is 67.7 Å². The van der Waals surface area contributed by atoms with E-state index in [0.717, 1.165) is 36.5 Å². The fourth-order valence-electron chi connectivity index (χ4n) is 5.51. The zero-order valence-electron chi connectivity index (χ0n) is 20.3. The summed E-state index contributed by atoms with van der Waals surface area (Å²) in [6.45, 7) is 2.76. The van der Waals surface area contributed by atoms with E-state index in [4.69, 9.17) is 9.47 Å². The SMILES string of the molecule is COC(=O)CN1CN(c2ccccc2)C2(CCN(Cc3ccc(OC)c4ccccc34)CC2)C1=O. The number of para-hydroxylation sites is 1. The van der Waals surface area contributed by atoms with E-state index in [2.05, 4.69) is 34.1 Å². The second-order valence-corrected chi connectivity index (χ2v) is 9.26. The van der Waals surface area contributed by atoms with Crippen LogP contribution >= 0.6 is 0 Å². The van der Waals surface area contributed by atoms with E-state index < -0.39 is 11.5 Å². The molecule has 7 heteroatoms. The number of carbonyl (C=O) groups excluding carboxylic acids is 2. The second kappa shape index (κ2) is 9.58. The third-order valence-corrected chi connectivity index (χ3v) is 7.40. The molecule has 3 aromatic rings. The molecule has 0 bridgehead atoms. The number of methoxy groups -OCH3 is 2. The molecule has 1 amide bonds. The first kappa shape index (κ1) is 23.2. The Kier molecular flexibility index (Phi) is 6.34. The van der Waals surface area contributed by atoms with Crippen LogP contribution in [0, 0.1) is 0 Å². The van der Waals surface area contributed by atoms with Crippen LogP contribution in [0.3, 0.4) is 0 Å². The van der Waals surface area contributed by atoms with Crippen LogP contribution in [0.25, 0.3) is 10.8 Å². The number of nitrogens with zero attached hydrogens (tertiary/aromatic N) is 3. The predicted molar refractivity (Wildman–Crippen MR) is 135 cm³/mol. The summed E-state index contributed by atoms with van der Waals surface area (Å²) in [5, 5.41) is 2.31. The lowest BCUT2D eigenvalue weighted by atomic mass is 9.85. The van der Waals surface area contributed by atoms with Crippen LogP contribution in [0.5, 0.6) is 5.75 Å². The Morgan fingerprint density at radius 3 is 2.29 bits per heavy atom. The Hall–Kier alpha value is -3.58. The van der Waals surface area contributed by atoms with Gasteiger partial charge in [0.2, 0.25) is 0 Å². The molecule has 0 unspecified atom stereocenters. The number of fused-ring (bicyclic) bond motifs is 1. The van der Waals surface area contributed by atoms with E-state index in [9.17, 15) is 9.59 Å². The van der Waals surface area contributed by atoms with Crippen molar-refractivity contribution in [1.29, 1.82) is 0 Å². The maximum atomic E-state index is 13.7. The van der Waals surface area contributed by atoms with Gasteiger partial charge in [0.25, 0.3) is 5.91 Å². The zero-order valence-corrected chi connectivity index (χ0v) is 20.3. The lowest BCUT2D eigenvalue weighted by molar-refractivity contribution is -0.146. The average molecular weight is 474 g/mol. The first-order valence-electron chi connectivity index (χ1n) is 12.0. The molecule has 2 aliphatic heterocycles. The number of hydrogen-bond acceptors (Lipinski definition) is 6. The molecule has 0 aromatic heterocycles. The van der Waals surface area contributed by atoms with Crippen molar-refractivity contribution in [2.24, 2.45) is 0 Å². The van der Waals surface area contributed by atoms with Crippen LogP contribution in [0.1, 0.15) is 18.4 Å². The Bertz CT molecular complexity index is 1220. The van der Waals surface area contributed by atoms with Crippen molar-refractivity contribution >= 4 is 28.3 Å². The van der Waals surface area contributed by atoms with Crippen LogP contribution in [0.15, 0.2) is 66.7 Å². The fraction of sp³-hybridized carbons (Fsp3) is 0.357. The number of amides is 1. The molecule has 0 saturated carbocycles. The number of esters is 1. The number of benzene rings is 3. The maximum Gasteiger partial charge on any atom is 0.325 e. The Balaban J connectivity index is 1.37. The minimum Gasteiger partial charge on any atom is -0.496 e. The van der Waals surface area contributed by atoms with E-state index in [1.165, 1.54) is 18.1 Å². The largest absolute Gasteiger partial charge is 0.496 e. The summed E-state index contributed by atoms with van der Waals surface area (Å²) in [6, 6.07) is 22.5. The van der Waals surface area contributed by atoms with Gasteiger partial charge in [-0.3, -0.25) is 14.5 Å². The monoisotopic (exact) mass is 473 g/mol. The molecular formula is C28H31N3O4. The molecule has 5 rings (SSSR count). The summed E-state index contributed by atoms with van der Waals surface area (Å²) in [5.74, 6) is 0.497. The van der Waals surface area contributed by atoms with Gasteiger partial charge in [0.05, 0.1) is 20.9 Å². The van der Waals surface area contributed by atoms with Gasteiger partial charge in [-0.25, -0.2) is 0 Å². The second-order valence-electron chi connectivity index (χ2n) is 9.26. The molecule has 1 spiro atoms. The molecule has 35 heavy (non-hydrogen) atoms. The quantitative estimate of drug-likeness (QED) is 0.509. The van der Waals surface area contributed by atoms with Crippen LogP contribution in [0.4, 0.5) is 5.69 Å². The van der Waals surface area contributed by atoms with Gasteiger partial charge >= 0.3 is 5.97 Å². The highest BCUT2D eigenvalue weighted by Gasteiger charge is 2.54. The summed E-state index contributed by atoms with van der Waals surface area (Å²) in [7, 11) is 3.06. The minimum absolute atomic E-state index is 0.0151. The van der Waals surface area contributed by atoms with E-state index in [1.54, 1.807) is 12.0 Å². The van der Waals surface area contributed by atoms with Crippen molar-refractivity contribution in [3.63, 3.8) is 0 Å². The number of likely N-dealkylation sites (tertiary alicyclic amines) is 1. The van der Waals surface area contributed by atoms with Crippen molar-refractivity contribution in [3.05, 3.63) is 72.3 Å². The molecule has 0 atom stereocenters. The third-order valence-electron chi connectivity index (χ3n) is 7.40. The normalized spacial score (nSPS) is 17.8. The molecule has 182 valence electrons. The van der Waals surface area contributed by atoms with E-state index in [0.29, 0.717) is 19.5 Å². The van der Waals surface area contributed by atoms with Gasteiger partial charge in [0.1, 0.15) is 17.8 Å². The van der Waals surface area contributed by atoms with Gasteiger partial charge in [-0.05, 0) is 42.0 Å². The number of ether oxygens (including phenoxy) is 2. The van der Waals surface area contributed by atoms with Gasteiger partial charge in [0.15, 0.2) is 0 Å². The summed E-state index contributed by atoms with van der Waals surface area (Å²) < 4.78 is 10.4. The molecule has 2 heterocycles. The molecule has 7 nitrogen and oxygen atoms in total. The highest BCUT2D eigenvalue weighted by atomic mass is 16.5. The van der Waals surface area contributed by atoms with Gasteiger partial charge in [0, 0.05) is 30.7 Å². The van der Waals surface area contributed by atoms with Gasteiger partial charge in [-0.15, -0.1) is 0 Å². The van der Waals surface area contributed by atoms with Gasteiger partial charge < -0.3 is 19.3 Å². The van der Waals surface area contributed by atoms with Crippen molar-refractivity contribution in [2.75, 3.05) is 45.4 Å². The number of piperidine rings is 1. The number of anilines is 1. The molecule has 0 aliphatic carbocycles. The summed E-state index contributed by atoms with van der Waals surface area (Å²) in [6.07, 6.45) is 1.40. The molecule has 2 fully saturated rings. The third kappa shape index (κ3) is 4.21. The lowest BCUT2D eigenvalue weighted by Crippen LogP contribution is -2.56. The Morgan fingerprint density at radius 1 is 0.914 bits per heavy atom. The van der Waals surface area contributed by atoms with Crippen molar-refractivity contribution in [1.82, 2.24) is 9.80 Å². The number of hydrogen-bond donors (Lipinski definition) is 0. The molecule has 0 radical (unpaired) electrons. The molecular weight excluding hydrogens is 442 g/mol. The molecule has 2 aliphatic rings. The molecule has 3 aromatic carbocycles. The van der Waals surface area contributed by atoms with E-state index in [1.807, 2.05) is 42.5 Å². The highest BCUT2D eigenvalue weighted by Crippen LogP contribution is 2.40. The van der Waals surface area contributed by atoms with Crippen LogP contribution < -0.4 is 9.64 Å². The fourth-order valence-corrected chi connectivity index (χ4v) is 5.51. The maximum absolute atomic E-state index is 13.7. The van der Waals surface area contributed by atoms with Crippen LogP contribution in [0.2, 0.25) is 0 Å². The molecule has 2 saturated heterocycles. The zero-order chi connectivity index (χ0) is 24.4. The van der Waals surface area contributed by atoms with Crippen molar-refractivity contribution in [2.45, 2.75) is 24.9 Å². The van der Waals surface area contributed by atoms with E-state index in [-0.39, 0.29) is 12.5 Å². The summed E-state index contributed by atoms with van der Waals surface area (Å²) >= 11 is 0. The van der Waals surface area contributed by atoms with Gasteiger partial charge in [-0.2, -0.15) is 0 Å². The van der Waals surface area contributed by atoms with Gasteiger partial charge in [-0.1, -0.05) is 48.5 Å². The first-order valence-corrected chi connectivity index (χ1v) is 12.0. The average Bonchev–Trinajstić information content (AvgIpc) is 3.16. The van der Waals surface area contributed by atoms with E-state index >= 15 is 0 Å². The smallest absolute Gasteiger partial charge is 0.325 e. The minimum atomic E-state index is -0.645. The topological polar surface area (TPSA) is 62.3 Å². The number of carbonyl (C=O) groups is 2. The number of rotatable bonds is 6. The lowest BCUT2D eigenvalue weighted by Gasteiger charge is -2.43. The standard InChI is InChI=1S/C28H31N3O4/c1-34-25-13-12-21(23-10-6-7-11-24(23)25)18-29-16-14-28(15-17-29)27(33)30(19-26(32)35-2)20-31(28)22-8-4-3-5-9-22/h3-13H,14-20H2,1-2H3. The van der Waals surface area contributed by atoms with Crippen molar-refractivity contribution < 1.29 is 19.1 Å². The molecule has 0 N–H and O–H groups in total. The predicted octanol–water partition coefficient (Wildman–Crippen LogP) is 3.66. The summed E-state index contributed by atoms with van der Waals surface area (Å²) in [5.41, 5.74) is 1.61. The van der Waals surface area contributed by atoms with Crippen LogP contribution in [-0.2, 0) is 20.9 Å². The first-order chi connectivity index (χ1) is 17.1. The summed E-state index contributed by atoms with van der Waals surface area (Å²) in [4.78, 5) is 31.9. The van der Waals surface area contributed by atoms with Crippen molar-refractivity contribution in [3.8, 4) is 5.75 Å². The Labute approximate surface area is 205 Å². The highest BCUT2D eigenvalue weighted by molar-refractivity contribution is 5.95.